The number of carbonyl (C=O) groups is 1. The first-order valence-electron chi connectivity index (χ1n) is 4.99. The molecule has 0 saturated heterocycles. The first kappa shape index (κ1) is 9.46. The summed E-state index contributed by atoms with van der Waals surface area (Å²) in [7, 11) is 0. The molecule has 1 saturated carbocycles. The van der Waals surface area contributed by atoms with E-state index in [1.165, 1.54) is 0 Å². The van der Waals surface area contributed by atoms with Crippen LogP contribution in [0.25, 0.3) is 0 Å². The van der Waals surface area contributed by atoms with Gasteiger partial charge in [-0.2, -0.15) is 0 Å². The van der Waals surface area contributed by atoms with E-state index in [0.29, 0.717) is 18.6 Å². The van der Waals surface area contributed by atoms with Crippen LogP contribution in [0.3, 0.4) is 0 Å². The fourth-order valence-corrected chi connectivity index (χ4v) is 1.97. The van der Waals surface area contributed by atoms with Gasteiger partial charge in [0.1, 0.15) is 11.4 Å². The minimum Gasteiger partial charge on any atom is -0.469 e. The van der Waals surface area contributed by atoms with E-state index in [0.717, 1.165) is 12.8 Å². The molecule has 0 bridgehead atoms. The highest BCUT2D eigenvalue weighted by Crippen LogP contribution is 2.31. The molecule has 1 fully saturated rings. The Morgan fingerprint density at radius 1 is 1.50 bits per heavy atom. The van der Waals surface area contributed by atoms with Crippen molar-refractivity contribution < 1.29 is 14.3 Å². The molecule has 76 valence electrons. The molecule has 0 unspecified atom stereocenters. The third-order valence-corrected chi connectivity index (χ3v) is 2.86. The Morgan fingerprint density at radius 2 is 2.21 bits per heavy atom. The second kappa shape index (κ2) is 3.58. The van der Waals surface area contributed by atoms with E-state index in [2.05, 4.69) is 0 Å². The summed E-state index contributed by atoms with van der Waals surface area (Å²) >= 11 is 0. The van der Waals surface area contributed by atoms with Gasteiger partial charge in [-0.15, -0.1) is 0 Å². The largest absolute Gasteiger partial charge is 0.469 e. The van der Waals surface area contributed by atoms with Crippen molar-refractivity contribution in [3.63, 3.8) is 0 Å². The first-order valence-corrected chi connectivity index (χ1v) is 4.99. The molecule has 3 heteroatoms. The van der Waals surface area contributed by atoms with Gasteiger partial charge in [-0.3, -0.25) is 4.79 Å². The summed E-state index contributed by atoms with van der Waals surface area (Å²) in [5.41, 5.74) is -1.08. The van der Waals surface area contributed by atoms with Crippen molar-refractivity contribution in [3.8, 4) is 0 Å². The van der Waals surface area contributed by atoms with Crippen molar-refractivity contribution in [1.82, 2.24) is 0 Å². The summed E-state index contributed by atoms with van der Waals surface area (Å²) in [6, 6.07) is 3.51. The van der Waals surface area contributed by atoms with E-state index in [4.69, 9.17) is 4.42 Å². The molecule has 1 heterocycles. The Kier molecular flexibility index (Phi) is 2.42. The molecule has 14 heavy (non-hydrogen) atoms. The molecule has 1 aromatic heterocycles. The van der Waals surface area contributed by atoms with Gasteiger partial charge in [-0.25, -0.2) is 0 Å². The number of rotatable bonds is 3. The SMILES string of the molecule is O=C(Cc1ccco1)C1(O)CCCC1. The van der Waals surface area contributed by atoms with Gasteiger partial charge in [0, 0.05) is 0 Å². The monoisotopic (exact) mass is 194 g/mol. The number of ketones is 1. The number of Topliss-reactive ketones (excluding diaryl/α,β-unsaturated/α-hetero) is 1. The molecular weight excluding hydrogens is 180 g/mol. The van der Waals surface area contributed by atoms with E-state index >= 15 is 0 Å². The lowest BCUT2D eigenvalue weighted by atomic mass is 9.94. The number of hydrogen-bond acceptors (Lipinski definition) is 3. The summed E-state index contributed by atoms with van der Waals surface area (Å²) in [4.78, 5) is 11.7. The smallest absolute Gasteiger partial charge is 0.171 e. The summed E-state index contributed by atoms with van der Waals surface area (Å²) in [5.74, 6) is 0.528. The number of furan rings is 1. The highest BCUT2D eigenvalue weighted by Gasteiger charge is 2.38. The van der Waals surface area contributed by atoms with Crippen LogP contribution in [0.4, 0.5) is 0 Å². The molecule has 1 N–H and O–H groups in total. The Labute approximate surface area is 82.7 Å². The van der Waals surface area contributed by atoms with E-state index in [-0.39, 0.29) is 12.2 Å². The van der Waals surface area contributed by atoms with E-state index in [9.17, 15) is 9.90 Å². The van der Waals surface area contributed by atoms with Crippen LogP contribution in [0.1, 0.15) is 31.4 Å². The quantitative estimate of drug-likeness (QED) is 0.796. The van der Waals surface area contributed by atoms with Crippen molar-refractivity contribution in [1.29, 1.82) is 0 Å². The second-order valence-corrected chi connectivity index (χ2v) is 3.92. The van der Waals surface area contributed by atoms with Crippen molar-refractivity contribution in [2.75, 3.05) is 0 Å². The topological polar surface area (TPSA) is 50.4 Å². The molecule has 0 spiro atoms. The van der Waals surface area contributed by atoms with Crippen molar-refractivity contribution in [2.24, 2.45) is 0 Å². The molecule has 0 amide bonds. The maximum absolute atomic E-state index is 11.7. The predicted octanol–water partition coefficient (Wildman–Crippen LogP) is 1.70. The maximum atomic E-state index is 11.7. The molecule has 0 radical (unpaired) electrons. The normalized spacial score (nSPS) is 19.8. The fourth-order valence-electron chi connectivity index (χ4n) is 1.97. The van der Waals surface area contributed by atoms with Gasteiger partial charge in [0.05, 0.1) is 12.7 Å². The summed E-state index contributed by atoms with van der Waals surface area (Å²) in [5, 5.41) is 9.97. The molecule has 0 aromatic carbocycles. The summed E-state index contributed by atoms with van der Waals surface area (Å²) < 4.78 is 5.08. The Hall–Kier alpha value is -1.09. The van der Waals surface area contributed by atoms with E-state index < -0.39 is 5.60 Å². The molecule has 3 nitrogen and oxygen atoms in total. The Morgan fingerprint density at radius 3 is 2.79 bits per heavy atom. The Bertz CT molecular complexity index is 307. The lowest BCUT2D eigenvalue weighted by Crippen LogP contribution is -2.36. The Balaban J connectivity index is 2.02. The van der Waals surface area contributed by atoms with Crippen LogP contribution in [-0.4, -0.2) is 16.5 Å². The lowest BCUT2D eigenvalue weighted by molar-refractivity contribution is -0.136. The fraction of sp³-hybridized carbons (Fsp3) is 0.545. The van der Waals surface area contributed by atoms with Crippen LogP contribution in [0, 0.1) is 0 Å². The van der Waals surface area contributed by atoms with Crippen LogP contribution >= 0.6 is 0 Å². The predicted molar refractivity (Wildman–Crippen MR) is 50.8 cm³/mol. The standard InChI is InChI=1S/C11H14O3/c12-10(8-9-4-3-7-14-9)11(13)5-1-2-6-11/h3-4,7,13H,1-2,5-6,8H2. The number of hydrogen-bond donors (Lipinski definition) is 1. The number of aliphatic hydroxyl groups is 1. The zero-order valence-corrected chi connectivity index (χ0v) is 8.03. The van der Waals surface area contributed by atoms with E-state index in [1.54, 1.807) is 18.4 Å². The third-order valence-electron chi connectivity index (χ3n) is 2.86. The molecule has 2 rings (SSSR count). The highest BCUT2D eigenvalue weighted by molar-refractivity contribution is 5.88. The lowest BCUT2D eigenvalue weighted by Gasteiger charge is -2.19. The average molecular weight is 194 g/mol. The minimum atomic E-state index is -1.08. The van der Waals surface area contributed by atoms with Crippen molar-refractivity contribution >= 4 is 5.78 Å². The molecule has 0 aliphatic heterocycles. The van der Waals surface area contributed by atoms with Crippen LogP contribution < -0.4 is 0 Å². The van der Waals surface area contributed by atoms with Gasteiger partial charge >= 0.3 is 0 Å². The van der Waals surface area contributed by atoms with Gasteiger partial charge in [0.2, 0.25) is 0 Å². The number of carbonyl (C=O) groups excluding carboxylic acids is 1. The van der Waals surface area contributed by atoms with E-state index in [1.807, 2.05) is 0 Å². The molecule has 1 aromatic rings. The van der Waals surface area contributed by atoms with Crippen LogP contribution in [0.15, 0.2) is 22.8 Å². The third kappa shape index (κ3) is 1.73. The highest BCUT2D eigenvalue weighted by atomic mass is 16.3. The van der Waals surface area contributed by atoms with Crippen molar-refractivity contribution in [2.45, 2.75) is 37.7 Å². The van der Waals surface area contributed by atoms with Gasteiger partial charge in [-0.1, -0.05) is 0 Å². The molecule has 1 aliphatic rings. The van der Waals surface area contributed by atoms with Gasteiger partial charge in [0.15, 0.2) is 5.78 Å². The summed E-state index contributed by atoms with van der Waals surface area (Å²) in [6.07, 6.45) is 4.85. The average Bonchev–Trinajstić information content (AvgIpc) is 2.76. The van der Waals surface area contributed by atoms with Crippen LogP contribution in [0.2, 0.25) is 0 Å². The first-order chi connectivity index (χ1) is 6.71. The molecule has 0 atom stereocenters. The van der Waals surface area contributed by atoms with Crippen LogP contribution in [-0.2, 0) is 11.2 Å². The maximum Gasteiger partial charge on any atom is 0.171 e. The van der Waals surface area contributed by atoms with Crippen molar-refractivity contribution in [3.05, 3.63) is 24.2 Å². The van der Waals surface area contributed by atoms with Gasteiger partial charge in [0.25, 0.3) is 0 Å². The van der Waals surface area contributed by atoms with Gasteiger partial charge < -0.3 is 9.52 Å². The van der Waals surface area contributed by atoms with Gasteiger partial charge in [-0.05, 0) is 37.8 Å². The zero-order chi connectivity index (χ0) is 10.0. The zero-order valence-electron chi connectivity index (χ0n) is 8.03. The minimum absolute atomic E-state index is 0.107. The molecule has 1 aliphatic carbocycles. The van der Waals surface area contributed by atoms with Crippen LogP contribution in [0.5, 0.6) is 0 Å². The second-order valence-electron chi connectivity index (χ2n) is 3.92. The molecular formula is C11H14O3. The summed E-state index contributed by atoms with van der Waals surface area (Å²) in [6.45, 7) is 0.